The number of carbonyl (C=O) groups is 2. The summed E-state index contributed by atoms with van der Waals surface area (Å²) in [4.78, 5) is 26.1. The lowest BCUT2D eigenvalue weighted by molar-refractivity contribution is -0.144. The molecule has 0 fully saturated rings. The molecule has 0 saturated heterocycles. The molecule has 0 bridgehead atoms. The number of nitrogens with zero attached hydrogens (tertiary/aromatic N) is 1. The molecule has 0 atom stereocenters. The zero-order valence-corrected chi connectivity index (χ0v) is 16.2. The zero-order chi connectivity index (χ0) is 19.6. The summed E-state index contributed by atoms with van der Waals surface area (Å²) >= 11 is 0. The molecule has 1 amide bonds. The van der Waals surface area contributed by atoms with Crippen molar-refractivity contribution in [2.24, 2.45) is 0 Å². The second kappa shape index (κ2) is 10.4. The van der Waals surface area contributed by atoms with Crippen molar-refractivity contribution in [1.29, 1.82) is 0 Å². The van der Waals surface area contributed by atoms with Gasteiger partial charge in [0, 0.05) is 13.1 Å². The van der Waals surface area contributed by atoms with Gasteiger partial charge in [-0.2, -0.15) is 0 Å². The number of amides is 1. The van der Waals surface area contributed by atoms with Gasteiger partial charge >= 0.3 is 5.97 Å². The summed E-state index contributed by atoms with van der Waals surface area (Å²) in [5.74, 6) is 0.265. The van der Waals surface area contributed by atoms with Crippen LogP contribution >= 0.6 is 0 Å². The Balaban J connectivity index is 2.04. The SMILES string of the molecule is CCOC(=O)CCN(Cc1ccccc1)C(=O)COc1c(C)cccc1C. The van der Waals surface area contributed by atoms with Crippen LogP contribution in [0.25, 0.3) is 0 Å². The first-order chi connectivity index (χ1) is 13.0. The molecule has 0 aromatic heterocycles. The lowest BCUT2D eigenvalue weighted by atomic mass is 10.1. The highest BCUT2D eigenvalue weighted by Gasteiger charge is 2.17. The normalized spacial score (nSPS) is 10.3. The first kappa shape index (κ1) is 20.5. The number of carbonyl (C=O) groups excluding carboxylic acids is 2. The van der Waals surface area contributed by atoms with E-state index in [4.69, 9.17) is 9.47 Å². The lowest BCUT2D eigenvalue weighted by Crippen LogP contribution is -2.36. The monoisotopic (exact) mass is 369 g/mol. The maximum Gasteiger partial charge on any atom is 0.307 e. The molecular weight excluding hydrogens is 342 g/mol. The third-order valence-corrected chi connectivity index (χ3v) is 4.21. The molecule has 0 N–H and O–H groups in total. The predicted molar refractivity (Wildman–Crippen MR) is 105 cm³/mol. The minimum Gasteiger partial charge on any atom is -0.483 e. The van der Waals surface area contributed by atoms with Crippen molar-refractivity contribution in [3.63, 3.8) is 0 Å². The summed E-state index contributed by atoms with van der Waals surface area (Å²) in [6.07, 6.45) is 0.163. The first-order valence-corrected chi connectivity index (χ1v) is 9.17. The Morgan fingerprint density at radius 2 is 1.63 bits per heavy atom. The average molecular weight is 369 g/mol. The van der Waals surface area contributed by atoms with Gasteiger partial charge in [-0.3, -0.25) is 9.59 Å². The minimum absolute atomic E-state index is 0.0681. The molecule has 2 aromatic carbocycles. The molecule has 0 aliphatic heterocycles. The highest BCUT2D eigenvalue weighted by atomic mass is 16.5. The largest absolute Gasteiger partial charge is 0.483 e. The van der Waals surface area contributed by atoms with E-state index in [0.717, 1.165) is 22.4 Å². The van der Waals surface area contributed by atoms with Crippen molar-refractivity contribution in [2.45, 2.75) is 33.7 Å². The van der Waals surface area contributed by atoms with Crippen LogP contribution in [-0.2, 0) is 20.9 Å². The predicted octanol–water partition coefficient (Wildman–Crippen LogP) is 3.66. The van der Waals surface area contributed by atoms with Crippen LogP contribution in [-0.4, -0.2) is 36.5 Å². The molecule has 2 aromatic rings. The minimum atomic E-state index is -0.306. The summed E-state index contributed by atoms with van der Waals surface area (Å²) in [5, 5.41) is 0. The van der Waals surface area contributed by atoms with Gasteiger partial charge in [-0.25, -0.2) is 0 Å². The number of aryl methyl sites for hydroxylation is 2. The van der Waals surface area contributed by atoms with Gasteiger partial charge < -0.3 is 14.4 Å². The highest BCUT2D eigenvalue weighted by Crippen LogP contribution is 2.22. The number of esters is 1. The van der Waals surface area contributed by atoms with Crippen LogP contribution in [0.5, 0.6) is 5.75 Å². The lowest BCUT2D eigenvalue weighted by Gasteiger charge is -2.23. The smallest absolute Gasteiger partial charge is 0.307 e. The molecule has 0 unspecified atom stereocenters. The van der Waals surface area contributed by atoms with Crippen molar-refractivity contribution in [2.75, 3.05) is 19.8 Å². The number of ether oxygens (including phenoxy) is 2. The van der Waals surface area contributed by atoms with Gasteiger partial charge in [0.2, 0.25) is 0 Å². The second-order valence-electron chi connectivity index (χ2n) is 6.37. The zero-order valence-electron chi connectivity index (χ0n) is 16.2. The molecule has 5 nitrogen and oxygen atoms in total. The molecule has 0 heterocycles. The summed E-state index contributed by atoms with van der Waals surface area (Å²) < 4.78 is 10.8. The Morgan fingerprint density at radius 1 is 0.963 bits per heavy atom. The van der Waals surface area contributed by atoms with E-state index >= 15 is 0 Å². The molecule has 144 valence electrons. The molecule has 27 heavy (non-hydrogen) atoms. The maximum atomic E-state index is 12.8. The molecule has 2 rings (SSSR count). The molecule has 0 saturated carbocycles. The van der Waals surface area contributed by atoms with Gasteiger partial charge in [-0.05, 0) is 37.5 Å². The van der Waals surface area contributed by atoms with Gasteiger partial charge in [0.15, 0.2) is 6.61 Å². The van der Waals surface area contributed by atoms with E-state index in [9.17, 15) is 9.59 Å². The van der Waals surface area contributed by atoms with Gasteiger partial charge in [0.05, 0.1) is 13.0 Å². The fourth-order valence-electron chi connectivity index (χ4n) is 2.81. The van der Waals surface area contributed by atoms with E-state index < -0.39 is 0 Å². The third kappa shape index (κ3) is 6.44. The van der Waals surface area contributed by atoms with Crippen molar-refractivity contribution < 1.29 is 19.1 Å². The number of rotatable bonds is 9. The van der Waals surface area contributed by atoms with E-state index in [2.05, 4.69) is 0 Å². The molecule has 5 heteroatoms. The van der Waals surface area contributed by atoms with E-state index in [1.807, 2.05) is 62.4 Å². The van der Waals surface area contributed by atoms with E-state index in [1.54, 1.807) is 11.8 Å². The molecule has 0 radical (unpaired) electrons. The Labute approximate surface area is 160 Å². The van der Waals surface area contributed by atoms with Gasteiger partial charge in [0.1, 0.15) is 5.75 Å². The first-order valence-electron chi connectivity index (χ1n) is 9.17. The summed E-state index contributed by atoms with van der Waals surface area (Å²) in [5.41, 5.74) is 2.98. The van der Waals surface area contributed by atoms with Crippen LogP contribution in [0.3, 0.4) is 0 Å². The van der Waals surface area contributed by atoms with Crippen LogP contribution < -0.4 is 4.74 Å². The van der Waals surface area contributed by atoms with Crippen LogP contribution in [0.1, 0.15) is 30.0 Å². The maximum absolute atomic E-state index is 12.8. The Kier molecular flexibility index (Phi) is 7.86. The van der Waals surface area contributed by atoms with Crippen molar-refractivity contribution in [3.8, 4) is 5.75 Å². The second-order valence-corrected chi connectivity index (χ2v) is 6.37. The number of benzene rings is 2. The van der Waals surface area contributed by atoms with E-state index in [0.29, 0.717) is 19.7 Å². The van der Waals surface area contributed by atoms with Gasteiger partial charge in [-0.1, -0.05) is 48.5 Å². The molecular formula is C22H27NO4. The molecule has 0 aliphatic rings. The van der Waals surface area contributed by atoms with Crippen molar-refractivity contribution in [3.05, 3.63) is 65.2 Å². The van der Waals surface area contributed by atoms with Crippen molar-refractivity contribution >= 4 is 11.9 Å². The van der Waals surface area contributed by atoms with Crippen LogP contribution in [0.4, 0.5) is 0 Å². The van der Waals surface area contributed by atoms with Gasteiger partial charge in [0.25, 0.3) is 5.91 Å². The standard InChI is InChI=1S/C22H27NO4/c1-4-26-21(25)13-14-23(15-19-11-6-5-7-12-19)20(24)16-27-22-17(2)9-8-10-18(22)3/h5-12H,4,13-16H2,1-3H3. The summed E-state index contributed by atoms with van der Waals surface area (Å²) in [6.45, 7) is 6.66. The average Bonchev–Trinajstić information content (AvgIpc) is 2.65. The van der Waals surface area contributed by atoms with Crippen LogP contribution in [0.2, 0.25) is 0 Å². The topological polar surface area (TPSA) is 55.8 Å². The summed E-state index contributed by atoms with van der Waals surface area (Å²) in [6, 6.07) is 15.6. The third-order valence-electron chi connectivity index (χ3n) is 4.21. The Bertz CT molecular complexity index is 738. The Hall–Kier alpha value is -2.82. The van der Waals surface area contributed by atoms with Crippen LogP contribution in [0, 0.1) is 13.8 Å². The fraction of sp³-hybridized carbons (Fsp3) is 0.364. The number of hydrogen-bond acceptors (Lipinski definition) is 4. The highest BCUT2D eigenvalue weighted by molar-refractivity contribution is 5.78. The van der Waals surface area contributed by atoms with Gasteiger partial charge in [-0.15, -0.1) is 0 Å². The fourth-order valence-corrected chi connectivity index (χ4v) is 2.81. The van der Waals surface area contributed by atoms with E-state index in [-0.39, 0.29) is 24.9 Å². The quantitative estimate of drug-likeness (QED) is 0.633. The molecule has 0 spiro atoms. The Morgan fingerprint density at radius 3 is 2.26 bits per heavy atom. The van der Waals surface area contributed by atoms with Crippen molar-refractivity contribution in [1.82, 2.24) is 4.90 Å². The number of para-hydroxylation sites is 1. The summed E-state index contributed by atoms with van der Waals surface area (Å²) in [7, 11) is 0. The molecule has 0 aliphatic carbocycles. The van der Waals surface area contributed by atoms with E-state index in [1.165, 1.54) is 0 Å². The number of hydrogen-bond donors (Lipinski definition) is 0. The van der Waals surface area contributed by atoms with Crippen LogP contribution in [0.15, 0.2) is 48.5 Å².